The predicted molar refractivity (Wildman–Crippen MR) is 91.1 cm³/mol. The molecule has 1 unspecified atom stereocenters. The normalized spacial score (nSPS) is 17.3. The number of halogens is 1. The number of rotatable bonds is 4. The maximum absolute atomic E-state index is 12.2. The van der Waals surface area contributed by atoms with Crippen molar-refractivity contribution in [1.82, 2.24) is 20.3 Å². The Morgan fingerprint density at radius 2 is 2.24 bits per heavy atom. The number of hydrogen-bond donors (Lipinski definition) is 3. The third kappa shape index (κ3) is 4.06. The molecule has 0 saturated carbocycles. The number of nitrogens with zero attached hydrogens (tertiary/aromatic N) is 3. The highest BCUT2D eigenvalue weighted by atomic mass is 35.5. The smallest absolute Gasteiger partial charge is 0.404 e. The van der Waals surface area contributed by atoms with Crippen LogP contribution in [0, 0.1) is 0 Å². The molecule has 0 spiro atoms. The van der Waals surface area contributed by atoms with Gasteiger partial charge in [0.1, 0.15) is 10.8 Å². The molecular weight excluding hydrogens is 350 g/mol. The van der Waals surface area contributed by atoms with Gasteiger partial charge >= 0.3 is 6.09 Å². The summed E-state index contributed by atoms with van der Waals surface area (Å²) in [5.74, 6) is 0.736. The Hall–Kier alpha value is -2.65. The number of amides is 1. The highest BCUT2D eigenvalue weighted by Crippen LogP contribution is 2.24. The van der Waals surface area contributed by atoms with E-state index in [2.05, 4.69) is 20.3 Å². The molecule has 132 valence electrons. The van der Waals surface area contributed by atoms with Gasteiger partial charge in [0, 0.05) is 37.6 Å². The second-order valence-electron chi connectivity index (χ2n) is 5.41. The van der Waals surface area contributed by atoms with Crippen molar-refractivity contribution < 1.29 is 14.6 Å². The fraction of sp³-hybridized carbons (Fsp3) is 0.333. The summed E-state index contributed by atoms with van der Waals surface area (Å²) in [6.07, 6.45) is 1.73. The van der Waals surface area contributed by atoms with Gasteiger partial charge in [-0.05, 0) is 12.1 Å². The molecule has 1 aliphatic heterocycles. The van der Waals surface area contributed by atoms with E-state index in [4.69, 9.17) is 21.4 Å². The minimum Gasteiger partial charge on any atom is -0.465 e. The summed E-state index contributed by atoms with van der Waals surface area (Å²) < 4.78 is 5.53. The molecule has 9 nitrogen and oxygen atoms in total. The third-order valence-corrected chi connectivity index (χ3v) is 4.06. The number of aromatic nitrogens is 3. The van der Waals surface area contributed by atoms with Gasteiger partial charge in [0.2, 0.25) is 0 Å². The second-order valence-corrected chi connectivity index (χ2v) is 5.79. The highest BCUT2D eigenvalue weighted by molar-refractivity contribution is 6.32. The maximum Gasteiger partial charge on any atom is 0.404 e. The third-order valence-electron chi connectivity index (χ3n) is 3.72. The second kappa shape index (κ2) is 7.49. The van der Waals surface area contributed by atoms with Crippen molar-refractivity contribution in [3.63, 3.8) is 0 Å². The van der Waals surface area contributed by atoms with E-state index in [1.54, 1.807) is 24.5 Å². The molecule has 2 aromatic rings. The van der Waals surface area contributed by atoms with Crippen LogP contribution in [-0.4, -0.2) is 58.5 Å². The molecule has 1 aliphatic rings. The minimum atomic E-state index is -1.12. The van der Waals surface area contributed by atoms with E-state index in [0.717, 1.165) is 0 Å². The lowest BCUT2D eigenvalue weighted by atomic mass is 10.2. The Morgan fingerprint density at radius 3 is 2.96 bits per heavy atom. The zero-order chi connectivity index (χ0) is 17.8. The van der Waals surface area contributed by atoms with E-state index in [1.807, 2.05) is 4.90 Å². The van der Waals surface area contributed by atoms with Crippen LogP contribution < -0.4 is 15.8 Å². The molecule has 25 heavy (non-hydrogen) atoms. The number of pyridine rings is 1. The van der Waals surface area contributed by atoms with Gasteiger partial charge in [-0.2, -0.15) is 0 Å². The van der Waals surface area contributed by atoms with E-state index in [0.29, 0.717) is 36.9 Å². The first kappa shape index (κ1) is 17.2. The summed E-state index contributed by atoms with van der Waals surface area (Å²) in [6.45, 7) is 1.38. The van der Waals surface area contributed by atoms with Gasteiger partial charge in [0.25, 0.3) is 5.56 Å². The number of aromatic amines is 1. The molecule has 1 atom stereocenters. The topological polar surface area (TPSA) is 120 Å². The maximum atomic E-state index is 12.2. The van der Waals surface area contributed by atoms with E-state index >= 15 is 0 Å². The standard InChI is InChI=1S/C15H16ClN5O4/c16-11-13(21-5-6-25-10(8-21)7-18-15(23)24)19-12(20-14(11)22)9-1-3-17-4-2-9/h1-4,10,18H,5-8H2,(H,23,24)(H,19,20,22). The molecule has 3 heterocycles. The molecule has 2 aromatic heterocycles. The van der Waals surface area contributed by atoms with E-state index < -0.39 is 11.7 Å². The van der Waals surface area contributed by atoms with Gasteiger partial charge in [-0.3, -0.25) is 9.78 Å². The Labute approximate surface area is 147 Å². The van der Waals surface area contributed by atoms with Crippen LogP contribution in [0.25, 0.3) is 11.4 Å². The molecule has 0 aromatic carbocycles. The Balaban J connectivity index is 1.87. The fourth-order valence-corrected chi connectivity index (χ4v) is 2.75. The number of morpholine rings is 1. The van der Waals surface area contributed by atoms with Crippen molar-refractivity contribution in [2.24, 2.45) is 0 Å². The van der Waals surface area contributed by atoms with Crippen molar-refractivity contribution in [3.8, 4) is 11.4 Å². The van der Waals surface area contributed by atoms with Crippen LogP contribution >= 0.6 is 11.6 Å². The number of H-pyrrole nitrogens is 1. The number of ether oxygens (including phenoxy) is 1. The number of nitrogens with one attached hydrogen (secondary N) is 2. The van der Waals surface area contributed by atoms with Crippen LogP contribution in [0.2, 0.25) is 5.02 Å². The fourth-order valence-electron chi connectivity index (χ4n) is 2.54. The van der Waals surface area contributed by atoms with E-state index in [-0.39, 0.29) is 17.7 Å². The van der Waals surface area contributed by atoms with E-state index in [1.165, 1.54) is 0 Å². The monoisotopic (exact) mass is 365 g/mol. The SMILES string of the molecule is O=C(O)NCC1CN(c2nc(-c3ccncc3)[nH]c(=O)c2Cl)CCO1. The number of anilines is 1. The van der Waals surface area contributed by atoms with Crippen LogP contribution in [0.1, 0.15) is 0 Å². The molecule has 3 rings (SSSR count). The van der Waals surface area contributed by atoms with E-state index in [9.17, 15) is 9.59 Å². The Bertz CT molecular complexity index is 813. The lowest BCUT2D eigenvalue weighted by Gasteiger charge is -2.34. The molecule has 1 fully saturated rings. The van der Waals surface area contributed by atoms with Gasteiger partial charge in [0.15, 0.2) is 5.82 Å². The summed E-state index contributed by atoms with van der Waals surface area (Å²) in [7, 11) is 0. The Morgan fingerprint density at radius 1 is 1.48 bits per heavy atom. The number of hydrogen-bond acceptors (Lipinski definition) is 6. The number of carboxylic acid groups (broad SMARTS) is 1. The first-order valence-corrected chi connectivity index (χ1v) is 7.96. The summed E-state index contributed by atoms with van der Waals surface area (Å²) in [4.78, 5) is 35.7. The summed E-state index contributed by atoms with van der Waals surface area (Å²) >= 11 is 6.15. The average molecular weight is 366 g/mol. The van der Waals surface area contributed by atoms with Gasteiger partial charge in [-0.1, -0.05) is 11.6 Å². The van der Waals surface area contributed by atoms with Crippen LogP contribution in [0.15, 0.2) is 29.3 Å². The van der Waals surface area contributed by atoms with Crippen LogP contribution in [0.5, 0.6) is 0 Å². The van der Waals surface area contributed by atoms with Crippen molar-refractivity contribution in [2.45, 2.75) is 6.10 Å². The van der Waals surface area contributed by atoms with Crippen molar-refractivity contribution in [2.75, 3.05) is 31.1 Å². The first-order valence-electron chi connectivity index (χ1n) is 7.58. The molecule has 3 N–H and O–H groups in total. The summed E-state index contributed by atoms with van der Waals surface area (Å²) in [5, 5.41) is 11.0. The largest absolute Gasteiger partial charge is 0.465 e. The van der Waals surface area contributed by atoms with Crippen molar-refractivity contribution in [1.29, 1.82) is 0 Å². The summed E-state index contributed by atoms with van der Waals surface area (Å²) in [5.41, 5.74) is 0.271. The molecule has 0 aliphatic carbocycles. The average Bonchev–Trinajstić information content (AvgIpc) is 2.63. The Kier molecular flexibility index (Phi) is 5.15. The molecule has 1 amide bonds. The molecular formula is C15H16ClN5O4. The molecule has 1 saturated heterocycles. The van der Waals surface area contributed by atoms with Gasteiger partial charge in [0.05, 0.1) is 12.7 Å². The van der Waals surface area contributed by atoms with Crippen LogP contribution in [-0.2, 0) is 4.74 Å². The van der Waals surface area contributed by atoms with Crippen molar-refractivity contribution in [3.05, 3.63) is 39.9 Å². The molecule has 10 heteroatoms. The zero-order valence-corrected chi connectivity index (χ0v) is 13.9. The van der Waals surface area contributed by atoms with Crippen LogP contribution in [0.4, 0.5) is 10.6 Å². The minimum absolute atomic E-state index is 0.00958. The van der Waals surface area contributed by atoms with Gasteiger partial charge in [-0.15, -0.1) is 0 Å². The van der Waals surface area contributed by atoms with Gasteiger partial charge < -0.3 is 25.0 Å². The highest BCUT2D eigenvalue weighted by Gasteiger charge is 2.25. The lowest BCUT2D eigenvalue weighted by molar-refractivity contribution is 0.0408. The summed E-state index contributed by atoms with van der Waals surface area (Å²) in [6, 6.07) is 3.46. The molecule has 0 bridgehead atoms. The quantitative estimate of drug-likeness (QED) is 0.737. The predicted octanol–water partition coefficient (Wildman–Crippen LogP) is 0.958. The lowest BCUT2D eigenvalue weighted by Crippen LogP contribution is -2.48. The van der Waals surface area contributed by atoms with Gasteiger partial charge in [-0.25, -0.2) is 9.78 Å². The van der Waals surface area contributed by atoms with Crippen LogP contribution in [0.3, 0.4) is 0 Å². The zero-order valence-electron chi connectivity index (χ0n) is 13.1. The number of carbonyl (C=O) groups is 1. The van der Waals surface area contributed by atoms with Crippen molar-refractivity contribution >= 4 is 23.5 Å². The first-order chi connectivity index (χ1) is 12.0. The molecule has 0 radical (unpaired) electrons.